The number of carbonyl (C=O) groups is 1. The summed E-state index contributed by atoms with van der Waals surface area (Å²) in [6.07, 6.45) is -2.05. The number of anilines is 1. The number of nitrogens with zero attached hydrogens (tertiary/aromatic N) is 4. The fourth-order valence-corrected chi connectivity index (χ4v) is 2.26. The highest BCUT2D eigenvalue weighted by molar-refractivity contribution is 5.60. The van der Waals surface area contributed by atoms with Gasteiger partial charge in [-0.1, -0.05) is 13.0 Å². The van der Waals surface area contributed by atoms with Crippen molar-refractivity contribution in [2.24, 2.45) is 0 Å². The van der Waals surface area contributed by atoms with Crippen molar-refractivity contribution >= 4 is 12.3 Å². The molecule has 0 aliphatic rings. The van der Waals surface area contributed by atoms with Crippen LogP contribution < -0.4 is 9.64 Å². The fourth-order valence-electron chi connectivity index (χ4n) is 2.26. The number of hydrogen-bond donors (Lipinski definition) is 1. The van der Waals surface area contributed by atoms with Crippen molar-refractivity contribution in [1.29, 1.82) is 0 Å². The van der Waals surface area contributed by atoms with E-state index < -0.39 is 18.9 Å². The quantitative estimate of drug-likeness (QED) is 0.525. The van der Waals surface area contributed by atoms with Crippen LogP contribution in [0.2, 0.25) is 0 Å². The molecule has 0 aliphatic carbocycles. The van der Waals surface area contributed by atoms with Crippen LogP contribution in [-0.2, 0) is 4.79 Å². The molecule has 0 bridgehead atoms. The number of halogens is 4. The number of pyridine rings is 1. The van der Waals surface area contributed by atoms with Gasteiger partial charge in [-0.2, -0.15) is 8.78 Å². The van der Waals surface area contributed by atoms with Crippen LogP contribution in [0.1, 0.15) is 32.5 Å². The molecule has 0 spiro atoms. The number of carboxylic acid groups (broad SMARTS) is 1. The summed E-state index contributed by atoms with van der Waals surface area (Å²) in [6, 6.07) is 5.68. The molecule has 154 valence electrons. The third-order valence-electron chi connectivity index (χ3n) is 3.32. The maximum atomic E-state index is 13.2. The number of hydrogen-bond acceptors (Lipinski definition) is 6. The summed E-state index contributed by atoms with van der Waals surface area (Å²) in [6.45, 7) is 1.79. The SMILES string of the molecule is CCCN(CC)c1cc(-c2cccc(OC(F)F)n2)nc(C(F)F)n1.O=CO. The molecule has 0 radical (unpaired) electrons. The lowest BCUT2D eigenvalue weighted by Crippen LogP contribution is -2.25. The van der Waals surface area contributed by atoms with E-state index in [9.17, 15) is 17.6 Å². The Kier molecular flexibility index (Phi) is 9.61. The topological polar surface area (TPSA) is 88.4 Å². The zero-order valence-corrected chi connectivity index (χ0v) is 15.2. The zero-order valence-electron chi connectivity index (χ0n) is 15.2. The molecule has 0 amide bonds. The first-order chi connectivity index (χ1) is 13.4. The minimum absolute atomic E-state index is 0.120. The summed E-state index contributed by atoms with van der Waals surface area (Å²) in [7, 11) is 0. The summed E-state index contributed by atoms with van der Waals surface area (Å²) < 4.78 is 55.2. The smallest absolute Gasteiger partial charge is 0.388 e. The van der Waals surface area contributed by atoms with Crippen molar-refractivity contribution in [3.63, 3.8) is 0 Å². The minimum Gasteiger partial charge on any atom is -0.483 e. The molecule has 0 aliphatic heterocycles. The molecule has 0 aromatic carbocycles. The maximum Gasteiger partial charge on any atom is 0.388 e. The summed E-state index contributed by atoms with van der Waals surface area (Å²) in [5.74, 6) is -0.608. The normalized spacial score (nSPS) is 10.4. The van der Waals surface area contributed by atoms with E-state index in [0.29, 0.717) is 18.9 Å². The molecule has 11 heteroatoms. The molecule has 0 saturated carbocycles. The van der Waals surface area contributed by atoms with Gasteiger partial charge in [0, 0.05) is 25.2 Å². The van der Waals surface area contributed by atoms with Gasteiger partial charge in [-0.3, -0.25) is 4.79 Å². The third-order valence-corrected chi connectivity index (χ3v) is 3.32. The van der Waals surface area contributed by atoms with Gasteiger partial charge in [0.2, 0.25) is 5.88 Å². The molecule has 2 rings (SSSR count). The van der Waals surface area contributed by atoms with Crippen LogP contribution in [0, 0.1) is 0 Å². The van der Waals surface area contributed by atoms with Crippen molar-refractivity contribution in [3.8, 4) is 17.3 Å². The Morgan fingerprint density at radius 2 is 1.82 bits per heavy atom. The van der Waals surface area contributed by atoms with Gasteiger partial charge in [0.25, 0.3) is 12.9 Å². The maximum absolute atomic E-state index is 13.2. The number of alkyl halides is 4. The molecule has 28 heavy (non-hydrogen) atoms. The molecule has 7 nitrogen and oxygen atoms in total. The van der Waals surface area contributed by atoms with Crippen molar-refractivity contribution in [3.05, 3.63) is 30.1 Å². The summed E-state index contributed by atoms with van der Waals surface area (Å²) in [5, 5.41) is 6.89. The molecule has 0 saturated heterocycles. The number of ether oxygens (including phenoxy) is 1. The highest BCUT2D eigenvalue weighted by Crippen LogP contribution is 2.26. The number of rotatable bonds is 8. The molecule has 2 heterocycles. The van der Waals surface area contributed by atoms with E-state index >= 15 is 0 Å². The van der Waals surface area contributed by atoms with Crippen molar-refractivity contribution in [2.45, 2.75) is 33.3 Å². The number of aromatic nitrogens is 3. The molecule has 2 aromatic heterocycles. The largest absolute Gasteiger partial charge is 0.483 e. The highest BCUT2D eigenvalue weighted by atomic mass is 19.3. The zero-order chi connectivity index (χ0) is 21.1. The van der Waals surface area contributed by atoms with Gasteiger partial charge in [0.1, 0.15) is 5.82 Å². The van der Waals surface area contributed by atoms with Crippen LogP contribution in [0.4, 0.5) is 23.4 Å². The van der Waals surface area contributed by atoms with Crippen molar-refractivity contribution < 1.29 is 32.2 Å². The van der Waals surface area contributed by atoms with Crippen LogP contribution in [0.3, 0.4) is 0 Å². The first-order valence-corrected chi connectivity index (χ1v) is 8.28. The van der Waals surface area contributed by atoms with Crippen molar-refractivity contribution in [1.82, 2.24) is 15.0 Å². The van der Waals surface area contributed by atoms with Gasteiger partial charge in [0.05, 0.1) is 11.4 Å². The standard InChI is InChI=1S/C16H18F4N4O.CH2O2/c1-3-8-24(4-2)12-9-11(22-15(23-12)14(17)18)10-6-5-7-13(21-10)25-16(19)20;2-1-3/h5-7,9,14,16H,3-4,8H2,1-2H3;1H,(H,2,3). The van der Waals surface area contributed by atoms with E-state index in [2.05, 4.69) is 19.7 Å². The van der Waals surface area contributed by atoms with Crippen LogP contribution in [0.5, 0.6) is 5.88 Å². The second-order valence-electron chi connectivity index (χ2n) is 5.19. The Labute approximate surface area is 159 Å². The Hall–Kier alpha value is -2.98. The Morgan fingerprint density at radius 3 is 2.36 bits per heavy atom. The van der Waals surface area contributed by atoms with Gasteiger partial charge in [-0.15, -0.1) is 0 Å². The van der Waals surface area contributed by atoms with Gasteiger partial charge in [0.15, 0.2) is 5.82 Å². The van der Waals surface area contributed by atoms with E-state index in [1.807, 2.05) is 18.7 Å². The summed E-state index contributed by atoms with van der Waals surface area (Å²) in [4.78, 5) is 21.8. The molecule has 2 aromatic rings. The van der Waals surface area contributed by atoms with Gasteiger partial charge in [-0.25, -0.2) is 23.7 Å². The third kappa shape index (κ3) is 6.97. The minimum atomic E-state index is -3.03. The predicted molar refractivity (Wildman–Crippen MR) is 93.7 cm³/mol. The first-order valence-electron chi connectivity index (χ1n) is 8.28. The van der Waals surface area contributed by atoms with Crippen LogP contribution in [-0.4, -0.2) is 46.2 Å². The lowest BCUT2D eigenvalue weighted by atomic mass is 10.2. The fraction of sp³-hybridized carbons (Fsp3) is 0.412. The Bertz CT molecular complexity index is 750. The lowest BCUT2D eigenvalue weighted by Gasteiger charge is -2.22. The van der Waals surface area contributed by atoms with E-state index in [1.165, 1.54) is 24.3 Å². The molecule has 1 N–H and O–H groups in total. The van der Waals surface area contributed by atoms with E-state index in [0.717, 1.165) is 6.42 Å². The lowest BCUT2D eigenvalue weighted by molar-refractivity contribution is -0.122. The molecule has 0 unspecified atom stereocenters. The van der Waals surface area contributed by atoms with Gasteiger partial charge >= 0.3 is 6.61 Å². The van der Waals surface area contributed by atoms with E-state index in [-0.39, 0.29) is 23.7 Å². The predicted octanol–water partition coefficient (Wildman–Crippen LogP) is 4.01. The van der Waals surface area contributed by atoms with Crippen LogP contribution in [0.25, 0.3) is 11.4 Å². The molecular formula is C17H20F4N4O3. The second-order valence-corrected chi connectivity index (χ2v) is 5.19. The summed E-state index contributed by atoms with van der Waals surface area (Å²) in [5.41, 5.74) is 0.269. The summed E-state index contributed by atoms with van der Waals surface area (Å²) >= 11 is 0. The average Bonchev–Trinajstić information content (AvgIpc) is 2.66. The van der Waals surface area contributed by atoms with Crippen LogP contribution >= 0.6 is 0 Å². The molecular weight excluding hydrogens is 384 g/mol. The van der Waals surface area contributed by atoms with E-state index in [1.54, 1.807) is 0 Å². The van der Waals surface area contributed by atoms with E-state index in [4.69, 9.17) is 9.90 Å². The molecule has 0 fully saturated rings. The first kappa shape index (κ1) is 23.1. The van der Waals surface area contributed by atoms with Gasteiger partial charge < -0.3 is 14.7 Å². The van der Waals surface area contributed by atoms with Crippen LogP contribution in [0.15, 0.2) is 24.3 Å². The average molecular weight is 404 g/mol. The Balaban J connectivity index is 0.00000122. The molecule has 0 atom stereocenters. The highest BCUT2D eigenvalue weighted by Gasteiger charge is 2.18. The second kappa shape index (κ2) is 11.7. The van der Waals surface area contributed by atoms with Crippen molar-refractivity contribution in [2.75, 3.05) is 18.0 Å². The Morgan fingerprint density at radius 1 is 1.14 bits per heavy atom. The van der Waals surface area contributed by atoms with Gasteiger partial charge in [-0.05, 0) is 19.4 Å². The monoisotopic (exact) mass is 404 g/mol.